The predicted molar refractivity (Wildman–Crippen MR) is 104 cm³/mol. The minimum Gasteiger partial charge on any atom is -0.493 e. The Morgan fingerprint density at radius 3 is 2.56 bits per heavy atom. The molecule has 0 spiro atoms. The predicted octanol–water partition coefficient (Wildman–Crippen LogP) is 2.70. The Kier molecular flexibility index (Phi) is 6.59. The van der Waals surface area contributed by atoms with Crippen molar-refractivity contribution in [3.05, 3.63) is 53.6 Å². The number of methoxy groups -OCH3 is 1. The van der Waals surface area contributed by atoms with E-state index in [1.54, 1.807) is 31.2 Å². The van der Waals surface area contributed by atoms with Crippen LogP contribution in [-0.4, -0.2) is 28.0 Å². The monoisotopic (exact) mass is 390 g/mol. The van der Waals surface area contributed by atoms with Gasteiger partial charge in [-0.05, 0) is 49.2 Å². The van der Waals surface area contributed by atoms with Gasteiger partial charge in [0.2, 0.25) is 10.0 Å². The quantitative estimate of drug-likeness (QED) is 0.756. The van der Waals surface area contributed by atoms with Crippen LogP contribution in [0.4, 0.5) is 5.69 Å². The summed E-state index contributed by atoms with van der Waals surface area (Å²) in [4.78, 5) is 12.1. The van der Waals surface area contributed by atoms with Crippen LogP contribution >= 0.6 is 0 Å². The first kappa shape index (κ1) is 20.5. The standard InChI is InChI=1S/C19H22N2O5S/c1-4-5-14-7-9-16(17(10-14)25-3)26-12-19(22)21-15-8-6-13(2)18(11-15)27(20,23)24/h4-11H,12H2,1-3H3,(H,21,22)(H2,20,23,24). The summed E-state index contributed by atoms with van der Waals surface area (Å²) in [6, 6.07) is 9.83. The van der Waals surface area contributed by atoms with Gasteiger partial charge in [-0.2, -0.15) is 0 Å². The molecule has 0 bridgehead atoms. The van der Waals surface area contributed by atoms with E-state index in [1.807, 2.05) is 25.1 Å². The third kappa shape index (κ3) is 5.57. The molecule has 0 atom stereocenters. The number of carbonyl (C=O) groups is 1. The summed E-state index contributed by atoms with van der Waals surface area (Å²) in [5.41, 5.74) is 1.76. The van der Waals surface area contributed by atoms with Crippen LogP contribution in [0.1, 0.15) is 18.1 Å². The van der Waals surface area contributed by atoms with Gasteiger partial charge in [-0.1, -0.05) is 24.3 Å². The molecule has 144 valence electrons. The third-order valence-corrected chi connectivity index (χ3v) is 4.74. The number of sulfonamides is 1. The smallest absolute Gasteiger partial charge is 0.262 e. The van der Waals surface area contributed by atoms with E-state index in [9.17, 15) is 13.2 Å². The van der Waals surface area contributed by atoms with E-state index in [0.717, 1.165) is 5.56 Å². The van der Waals surface area contributed by atoms with E-state index >= 15 is 0 Å². The van der Waals surface area contributed by atoms with Gasteiger partial charge in [0.05, 0.1) is 12.0 Å². The maximum Gasteiger partial charge on any atom is 0.262 e. The molecule has 1 amide bonds. The number of allylic oxidation sites excluding steroid dienone is 1. The molecule has 0 heterocycles. The number of hydrogen-bond acceptors (Lipinski definition) is 5. The maximum atomic E-state index is 12.1. The largest absolute Gasteiger partial charge is 0.493 e. The number of ether oxygens (including phenoxy) is 2. The highest BCUT2D eigenvalue weighted by Gasteiger charge is 2.14. The Labute approximate surface area is 158 Å². The molecule has 2 aromatic rings. The molecule has 0 aromatic heterocycles. The lowest BCUT2D eigenvalue weighted by Crippen LogP contribution is -2.21. The maximum absolute atomic E-state index is 12.1. The number of amides is 1. The molecule has 27 heavy (non-hydrogen) atoms. The second kappa shape index (κ2) is 8.70. The van der Waals surface area contributed by atoms with E-state index < -0.39 is 15.9 Å². The molecule has 0 aliphatic carbocycles. The van der Waals surface area contributed by atoms with Gasteiger partial charge < -0.3 is 14.8 Å². The number of primary sulfonamides is 1. The topological polar surface area (TPSA) is 108 Å². The van der Waals surface area contributed by atoms with Crippen molar-refractivity contribution in [2.24, 2.45) is 5.14 Å². The average Bonchev–Trinajstić information content (AvgIpc) is 2.61. The summed E-state index contributed by atoms with van der Waals surface area (Å²) in [7, 11) is -2.35. The number of aryl methyl sites for hydroxylation is 1. The summed E-state index contributed by atoms with van der Waals surface area (Å²) >= 11 is 0. The minimum atomic E-state index is -3.87. The zero-order valence-corrected chi connectivity index (χ0v) is 16.2. The first-order valence-electron chi connectivity index (χ1n) is 8.11. The van der Waals surface area contributed by atoms with Crippen molar-refractivity contribution < 1.29 is 22.7 Å². The number of hydrogen-bond donors (Lipinski definition) is 2. The lowest BCUT2D eigenvalue weighted by atomic mass is 10.2. The normalized spacial score (nSPS) is 11.4. The van der Waals surface area contributed by atoms with Crippen molar-refractivity contribution in [2.45, 2.75) is 18.7 Å². The summed E-state index contributed by atoms with van der Waals surface area (Å²) in [6.45, 7) is 3.27. The Bertz CT molecular complexity index is 968. The van der Waals surface area contributed by atoms with Crippen molar-refractivity contribution in [2.75, 3.05) is 19.0 Å². The van der Waals surface area contributed by atoms with Gasteiger partial charge in [0.1, 0.15) is 0 Å². The second-order valence-corrected chi connectivity index (χ2v) is 7.30. The molecule has 0 aliphatic heterocycles. The number of benzene rings is 2. The first-order valence-corrected chi connectivity index (χ1v) is 9.66. The summed E-state index contributed by atoms with van der Waals surface area (Å²) in [5.74, 6) is 0.485. The van der Waals surface area contributed by atoms with E-state index in [0.29, 0.717) is 22.7 Å². The molecule has 3 N–H and O–H groups in total. The minimum absolute atomic E-state index is 0.0394. The number of anilines is 1. The Hall–Kier alpha value is -2.84. The van der Waals surface area contributed by atoms with E-state index in [1.165, 1.54) is 13.2 Å². The van der Waals surface area contributed by atoms with E-state index in [2.05, 4.69) is 5.32 Å². The van der Waals surface area contributed by atoms with E-state index in [-0.39, 0.29) is 11.5 Å². The molecule has 2 aromatic carbocycles. The van der Waals surface area contributed by atoms with Gasteiger partial charge >= 0.3 is 0 Å². The highest BCUT2D eigenvalue weighted by atomic mass is 32.2. The molecule has 0 saturated carbocycles. The third-order valence-electron chi connectivity index (χ3n) is 3.68. The summed E-state index contributed by atoms with van der Waals surface area (Å²) < 4.78 is 33.9. The lowest BCUT2D eigenvalue weighted by Gasteiger charge is -2.12. The number of nitrogens with one attached hydrogen (secondary N) is 1. The van der Waals surface area contributed by atoms with Crippen LogP contribution in [0.2, 0.25) is 0 Å². The highest BCUT2D eigenvalue weighted by molar-refractivity contribution is 7.89. The van der Waals surface area contributed by atoms with Gasteiger partial charge in [0.25, 0.3) is 5.91 Å². The summed E-state index contributed by atoms with van der Waals surface area (Å²) in [5, 5.41) is 7.76. The Balaban J connectivity index is 2.07. The molecular weight excluding hydrogens is 368 g/mol. The molecule has 8 heteroatoms. The molecule has 0 unspecified atom stereocenters. The van der Waals surface area contributed by atoms with Crippen molar-refractivity contribution in [1.29, 1.82) is 0 Å². The molecule has 2 rings (SSSR count). The number of nitrogens with two attached hydrogens (primary N) is 1. The zero-order valence-electron chi connectivity index (χ0n) is 15.4. The summed E-state index contributed by atoms with van der Waals surface area (Å²) in [6.07, 6.45) is 3.82. The second-order valence-electron chi connectivity index (χ2n) is 5.77. The van der Waals surface area contributed by atoms with Gasteiger partial charge in [-0.25, -0.2) is 13.6 Å². The van der Waals surface area contributed by atoms with Gasteiger partial charge in [0.15, 0.2) is 18.1 Å². The van der Waals surface area contributed by atoms with Crippen LogP contribution in [0.25, 0.3) is 6.08 Å². The molecule has 0 aliphatic rings. The molecular formula is C19H22N2O5S. The SMILES string of the molecule is CC=Cc1ccc(OCC(=O)Nc2ccc(C)c(S(N)(=O)=O)c2)c(OC)c1. The molecule has 0 saturated heterocycles. The fourth-order valence-corrected chi connectivity index (χ4v) is 3.23. The Morgan fingerprint density at radius 2 is 1.93 bits per heavy atom. The van der Waals surface area contributed by atoms with E-state index in [4.69, 9.17) is 14.6 Å². The van der Waals surface area contributed by atoms with Gasteiger partial charge in [0, 0.05) is 5.69 Å². The van der Waals surface area contributed by atoms with Crippen LogP contribution in [-0.2, 0) is 14.8 Å². The average molecular weight is 390 g/mol. The fourth-order valence-electron chi connectivity index (χ4n) is 2.42. The first-order chi connectivity index (χ1) is 12.7. The number of rotatable bonds is 7. The van der Waals surface area contributed by atoms with Crippen molar-refractivity contribution >= 4 is 27.7 Å². The lowest BCUT2D eigenvalue weighted by molar-refractivity contribution is -0.118. The van der Waals surface area contributed by atoms with Crippen LogP contribution in [0, 0.1) is 6.92 Å². The fraction of sp³-hybridized carbons (Fsp3) is 0.211. The van der Waals surface area contributed by atoms with Crippen molar-refractivity contribution in [3.8, 4) is 11.5 Å². The highest BCUT2D eigenvalue weighted by Crippen LogP contribution is 2.28. The Morgan fingerprint density at radius 1 is 1.19 bits per heavy atom. The number of carbonyl (C=O) groups excluding carboxylic acids is 1. The van der Waals surface area contributed by atoms with Crippen molar-refractivity contribution in [3.63, 3.8) is 0 Å². The van der Waals surface area contributed by atoms with Gasteiger partial charge in [-0.15, -0.1) is 0 Å². The van der Waals surface area contributed by atoms with Crippen LogP contribution in [0.5, 0.6) is 11.5 Å². The molecule has 0 radical (unpaired) electrons. The van der Waals surface area contributed by atoms with Crippen LogP contribution in [0.3, 0.4) is 0 Å². The van der Waals surface area contributed by atoms with Crippen LogP contribution < -0.4 is 19.9 Å². The molecule has 0 fully saturated rings. The molecule has 7 nitrogen and oxygen atoms in total. The van der Waals surface area contributed by atoms with Gasteiger partial charge in [-0.3, -0.25) is 4.79 Å². The van der Waals surface area contributed by atoms with Crippen molar-refractivity contribution in [1.82, 2.24) is 0 Å². The van der Waals surface area contributed by atoms with Crippen LogP contribution in [0.15, 0.2) is 47.4 Å². The zero-order chi connectivity index (χ0) is 20.0.